The van der Waals surface area contributed by atoms with Gasteiger partial charge in [-0.2, -0.15) is 12.6 Å². The van der Waals surface area contributed by atoms with E-state index in [2.05, 4.69) is 22.8 Å². The molecule has 1 heterocycles. The zero-order valence-electron chi connectivity index (χ0n) is 7.51. The van der Waals surface area contributed by atoms with Crippen LogP contribution in [0.25, 0.3) is 0 Å². The molecule has 2 N–H and O–H groups in total. The lowest BCUT2D eigenvalue weighted by molar-refractivity contribution is 0.321. The molecule has 0 bridgehead atoms. The van der Waals surface area contributed by atoms with Crippen molar-refractivity contribution in [1.82, 2.24) is 4.98 Å². The molecular weight excluding hydrogens is 224 g/mol. The predicted molar refractivity (Wildman–Crippen MR) is 60.0 cm³/mol. The molecule has 1 aromatic heterocycles. The Kier molecular flexibility index (Phi) is 5.34. The van der Waals surface area contributed by atoms with Gasteiger partial charge in [0, 0.05) is 17.5 Å². The molecule has 0 fully saturated rings. The Morgan fingerprint density at radius 2 is 2.29 bits per heavy atom. The second-order valence-electron chi connectivity index (χ2n) is 2.53. The van der Waals surface area contributed by atoms with Crippen molar-refractivity contribution in [3.63, 3.8) is 0 Å². The minimum Gasteiger partial charge on any atom is -0.505 e. The van der Waals surface area contributed by atoms with Crippen LogP contribution in [-0.2, 0) is 5.75 Å². The first-order valence-corrected chi connectivity index (χ1v) is 4.29. The largest absolute Gasteiger partial charge is 0.505 e. The molecular formula is C8H11ClN2O2S. The topological polar surface area (TPSA) is 65.7 Å². The Balaban J connectivity index is 0.00000169. The molecule has 0 aliphatic carbocycles. The third-order valence-electron chi connectivity index (χ3n) is 1.71. The fraction of sp³-hybridized carbons (Fsp3) is 0.250. The number of aromatic hydroxyl groups is 1. The first-order chi connectivity index (χ1) is 6.20. The summed E-state index contributed by atoms with van der Waals surface area (Å²) in [7, 11) is 0. The standard InChI is InChI=1S/C8H10N2O2S.ClH/c1-5-8(11)7(3-10-12)6(4-13)2-9-5;/h2-3,11-13H,4H2,1H3;1H/b10-3-;. The van der Waals surface area contributed by atoms with Crippen molar-refractivity contribution in [3.05, 3.63) is 23.0 Å². The molecule has 0 saturated carbocycles. The first-order valence-electron chi connectivity index (χ1n) is 3.66. The molecule has 0 aromatic carbocycles. The van der Waals surface area contributed by atoms with Gasteiger partial charge in [0.15, 0.2) is 0 Å². The summed E-state index contributed by atoms with van der Waals surface area (Å²) >= 11 is 4.06. The highest BCUT2D eigenvalue weighted by atomic mass is 35.5. The van der Waals surface area contributed by atoms with Gasteiger partial charge >= 0.3 is 0 Å². The van der Waals surface area contributed by atoms with Crippen molar-refractivity contribution in [3.8, 4) is 5.75 Å². The van der Waals surface area contributed by atoms with Gasteiger partial charge in [-0.1, -0.05) is 5.16 Å². The molecule has 0 saturated heterocycles. The van der Waals surface area contributed by atoms with E-state index >= 15 is 0 Å². The zero-order valence-corrected chi connectivity index (χ0v) is 9.22. The zero-order chi connectivity index (χ0) is 9.84. The molecule has 4 nitrogen and oxygen atoms in total. The summed E-state index contributed by atoms with van der Waals surface area (Å²) in [6, 6.07) is 0. The van der Waals surface area contributed by atoms with Gasteiger partial charge in [-0.05, 0) is 12.5 Å². The lowest BCUT2D eigenvalue weighted by atomic mass is 10.1. The highest BCUT2D eigenvalue weighted by molar-refractivity contribution is 7.79. The molecule has 0 atom stereocenters. The minimum absolute atomic E-state index is 0. The summed E-state index contributed by atoms with van der Waals surface area (Å²) in [4.78, 5) is 3.95. The second kappa shape index (κ2) is 5.72. The Morgan fingerprint density at radius 3 is 2.79 bits per heavy atom. The van der Waals surface area contributed by atoms with Gasteiger partial charge in [0.25, 0.3) is 0 Å². The van der Waals surface area contributed by atoms with Crippen LogP contribution in [0.3, 0.4) is 0 Å². The summed E-state index contributed by atoms with van der Waals surface area (Å²) < 4.78 is 0. The third kappa shape index (κ3) is 2.52. The van der Waals surface area contributed by atoms with Gasteiger partial charge in [0.05, 0.1) is 11.9 Å². The molecule has 1 aromatic rings. The van der Waals surface area contributed by atoms with Crippen molar-refractivity contribution in [2.45, 2.75) is 12.7 Å². The Labute approximate surface area is 93.5 Å². The van der Waals surface area contributed by atoms with Crippen LogP contribution in [0, 0.1) is 6.92 Å². The highest BCUT2D eigenvalue weighted by Crippen LogP contribution is 2.22. The number of aromatic nitrogens is 1. The van der Waals surface area contributed by atoms with E-state index in [1.165, 1.54) is 6.21 Å². The van der Waals surface area contributed by atoms with Crippen molar-refractivity contribution < 1.29 is 10.3 Å². The van der Waals surface area contributed by atoms with Crippen LogP contribution in [0.15, 0.2) is 11.4 Å². The van der Waals surface area contributed by atoms with Gasteiger partial charge in [-0.15, -0.1) is 12.4 Å². The fourth-order valence-electron chi connectivity index (χ4n) is 0.980. The molecule has 78 valence electrons. The summed E-state index contributed by atoms with van der Waals surface area (Å²) in [5.41, 5.74) is 1.69. The van der Waals surface area contributed by atoms with Gasteiger partial charge < -0.3 is 10.3 Å². The molecule has 0 unspecified atom stereocenters. The van der Waals surface area contributed by atoms with E-state index in [9.17, 15) is 5.11 Å². The van der Waals surface area contributed by atoms with Crippen molar-refractivity contribution >= 4 is 31.3 Å². The van der Waals surface area contributed by atoms with Crippen molar-refractivity contribution in [2.24, 2.45) is 5.16 Å². The number of thiol groups is 1. The van der Waals surface area contributed by atoms with Gasteiger partial charge in [-0.3, -0.25) is 4.98 Å². The van der Waals surface area contributed by atoms with Gasteiger partial charge in [-0.25, -0.2) is 0 Å². The Hall–Kier alpha value is -0.940. The maximum absolute atomic E-state index is 9.54. The lowest BCUT2D eigenvalue weighted by Crippen LogP contribution is -1.95. The average Bonchev–Trinajstić information content (AvgIpc) is 2.14. The predicted octanol–water partition coefficient (Wildman–Crippen LogP) is 1.76. The number of pyridine rings is 1. The van der Waals surface area contributed by atoms with Gasteiger partial charge in [0.1, 0.15) is 5.75 Å². The second-order valence-corrected chi connectivity index (χ2v) is 2.85. The number of nitrogens with zero attached hydrogens (tertiary/aromatic N) is 2. The maximum Gasteiger partial charge on any atom is 0.145 e. The van der Waals surface area contributed by atoms with E-state index in [1.807, 2.05) is 0 Å². The first kappa shape index (κ1) is 13.1. The third-order valence-corrected chi connectivity index (χ3v) is 2.06. The summed E-state index contributed by atoms with van der Waals surface area (Å²) in [5.74, 6) is 0.465. The number of halogens is 1. The molecule has 0 aliphatic heterocycles. The van der Waals surface area contributed by atoms with Crippen molar-refractivity contribution in [2.75, 3.05) is 0 Å². The number of oxime groups is 1. The van der Waals surface area contributed by atoms with E-state index < -0.39 is 0 Å². The summed E-state index contributed by atoms with van der Waals surface area (Å²) in [5, 5.41) is 20.8. The monoisotopic (exact) mass is 234 g/mol. The number of hydrogen-bond donors (Lipinski definition) is 3. The number of hydrogen-bond acceptors (Lipinski definition) is 5. The molecule has 14 heavy (non-hydrogen) atoms. The maximum atomic E-state index is 9.54. The smallest absolute Gasteiger partial charge is 0.145 e. The highest BCUT2D eigenvalue weighted by Gasteiger charge is 2.08. The summed E-state index contributed by atoms with van der Waals surface area (Å²) in [6.45, 7) is 1.67. The normalized spacial score (nSPS) is 10.1. The number of aryl methyl sites for hydroxylation is 1. The molecule has 1 rings (SSSR count). The average molecular weight is 235 g/mol. The van der Waals surface area contributed by atoms with Crippen LogP contribution in [0.1, 0.15) is 16.8 Å². The van der Waals surface area contributed by atoms with E-state index in [-0.39, 0.29) is 18.2 Å². The van der Waals surface area contributed by atoms with Crippen LogP contribution in [0.4, 0.5) is 0 Å². The quantitative estimate of drug-likeness (QED) is 0.316. The minimum atomic E-state index is 0. The van der Waals surface area contributed by atoms with Crippen LogP contribution in [0.2, 0.25) is 0 Å². The van der Waals surface area contributed by atoms with E-state index in [4.69, 9.17) is 5.21 Å². The van der Waals surface area contributed by atoms with Gasteiger partial charge in [0.2, 0.25) is 0 Å². The van der Waals surface area contributed by atoms with E-state index in [1.54, 1.807) is 13.1 Å². The molecule has 6 heteroatoms. The Bertz CT molecular complexity index is 344. The van der Waals surface area contributed by atoms with Crippen LogP contribution < -0.4 is 0 Å². The molecule has 0 aliphatic rings. The molecule has 0 spiro atoms. The van der Waals surface area contributed by atoms with E-state index in [0.717, 1.165) is 5.56 Å². The van der Waals surface area contributed by atoms with E-state index in [0.29, 0.717) is 17.0 Å². The van der Waals surface area contributed by atoms with Crippen LogP contribution in [0.5, 0.6) is 5.75 Å². The fourth-order valence-corrected chi connectivity index (χ4v) is 1.23. The van der Waals surface area contributed by atoms with Crippen molar-refractivity contribution in [1.29, 1.82) is 0 Å². The SMILES string of the molecule is Cc1ncc(CS)c(/C=N\O)c1O.Cl. The van der Waals surface area contributed by atoms with Crippen LogP contribution in [-0.4, -0.2) is 21.5 Å². The number of rotatable bonds is 2. The molecule has 0 amide bonds. The summed E-state index contributed by atoms with van der Waals surface area (Å²) in [6.07, 6.45) is 2.77. The Morgan fingerprint density at radius 1 is 1.64 bits per heavy atom. The van der Waals surface area contributed by atoms with Crippen LogP contribution >= 0.6 is 25.0 Å². The molecule has 0 radical (unpaired) electrons. The lowest BCUT2D eigenvalue weighted by Gasteiger charge is -2.05.